The molecule has 0 heterocycles. The van der Waals surface area contributed by atoms with Crippen LogP contribution in [0, 0.1) is 13.7 Å². The maximum atomic E-state index is 12.2. The molecule has 0 aliphatic carbocycles. The molecule has 0 bridgehead atoms. The summed E-state index contributed by atoms with van der Waals surface area (Å²) in [5.74, 6) is -0.0466. The van der Waals surface area contributed by atoms with Crippen LogP contribution in [-0.4, -0.2) is 23.1 Å². The van der Waals surface area contributed by atoms with Crippen molar-refractivity contribution in [3.05, 3.63) is 61.7 Å². The highest BCUT2D eigenvalue weighted by molar-refractivity contribution is 14.1. The van der Waals surface area contributed by atoms with Gasteiger partial charge in [-0.25, -0.2) is 0 Å². The zero-order valence-corrected chi connectivity index (χ0v) is 15.4. The Hall–Kier alpha value is -2.27. The van der Waals surface area contributed by atoms with Crippen molar-refractivity contribution < 1.29 is 14.5 Å². The Labute approximate surface area is 156 Å². The molecule has 2 aromatic rings. The van der Waals surface area contributed by atoms with Crippen molar-refractivity contribution in [2.75, 3.05) is 12.4 Å². The maximum absolute atomic E-state index is 12.2. The van der Waals surface area contributed by atoms with Gasteiger partial charge in [0.1, 0.15) is 11.4 Å². The van der Waals surface area contributed by atoms with Gasteiger partial charge in [0.2, 0.25) is 0 Å². The van der Waals surface area contributed by atoms with E-state index in [0.29, 0.717) is 11.3 Å². The average molecular weight is 457 g/mol. The largest absolute Gasteiger partial charge is 0.496 e. The van der Waals surface area contributed by atoms with Crippen molar-refractivity contribution >= 4 is 57.2 Å². The first-order valence-electron chi connectivity index (χ1n) is 6.61. The van der Waals surface area contributed by atoms with Gasteiger partial charge in [0.25, 0.3) is 11.6 Å². The van der Waals surface area contributed by atoms with E-state index in [1.165, 1.54) is 19.2 Å². The van der Waals surface area contributed by atoms with Crippen LogP contribution in [0.2, 0.25) is 0 Å². The second-order valence-electron chi connectivity index (χ2n) is 4.53. The van der Waals surface area contributed by atoms with Crippen LogP contribution in [0.25, 0.3) is 0 Å². The number of carbonyl (C=O) groups excluding carboxylic acids is 1. The number of nitrogens with one attached hydrogen (secondary N) is 2. The fourth-order valence-electron chi connectivity index (χ4n) is 1.86. The van der Waals surface area contributed by atoms with E-state index in [9.17, 15) is 14.9 Å². The molecule has 0 atom stereocenters. The maximum Gasteiger partial charge on any atom is 0.296 e. The zero-order valence-electron chi connectivity index (χ0n) is 12.4. The summed E-state index contributed by atoms with van der Waals surface area (Å²) < 4.78 is 5.73. The Morgan fingerprint density at radius 1 is 1.29 bits per heavy atom. The van der Waals surface area contributed by atoms with Crippen LogP contribution in [-0.2, 0) is 0 Å². The van der Waals surface area contributed by atoms with Crippen molar-refractivity contribution in [3.8, 4) is 5.75 Å². The standard InChI is InChI=1S/C15H12IN3O4S/c1-23-9-6-7-12(13(8-9)19(21)22)17-15(24)18-14(20)10-4-2-3-5-11(10)16/h2-8H,1H3,(H2,17,18,20,24). The van der Waals surface area contributed by atoms with Gasteiger partial charge in [-0.2, -0.15) is 0 Å². The molecule has 7 nitrogen and oxygen atoms in total. The third-order valence-electron chi connectivity index (χ3n) is 3.00. The number of carbonyl (C=O) groups is 1. The third-order valence-corrected chi connectivity index (χ3v) is 4.14. The fraction of sp³-hybridized carbons (Fsp3) is 0.0667. The highest BCUT2D eigenvalue weighted by atomic mass is 127. The molecule has 0 saturated heterocycles. The van der Waals surface area contributed by atoms with Crippen molar-refractivity contribution in [2.24, 2.45) is 0 Å². The Morgan fingerprint density at radius 2 is 2.00 bits per heavy atom. The highest BCUT2D eigenvalue weighted by Crippen LogP contribution is 2.28. The van der Waals surface area contributed by atoms with Crippen LogP contribution >= 0.6 is 34.8 Å². The minimum absolute atomic E-state index is 0.0343. The molecule has 2 aromatic carbocycles. The molecule has 2 N–H and O–H groups in total. The number of halogens is 1. The van der Waals surface area contributed by atoms with E-state index in [1.54, 1.807) is 24.3 Å². The molecule has 2 rings (SSSR count). The number of benzene rings is 2. The van der Waals surface area contributed by atoms with Crippen molar-refractivity contribution in [1.29, 1.82) is 0 Å². The van der Waals surface area contributed by atoms with Gasteiger partial charge in [-0.05, 0) is 59.1 Å². The van der Waals surface area contributed by atoms with Gasteiger partial charge in [0, 0.05) is 3.57 Å². The lowest BCUT2D eigenvalue weighted by atomic mass is 10.2. The van der Waals surface area contributed by atoms with Crippen LogP contribution in [0.15, 0.2) is 42.5 Å². The van der Waals surface area contributed by atoms with Gasteiger partial charge in [0.05, 0.1) is 23.7 Å². The summed E-state index contributed by atoms with van der Waals surface area (Å²) in [5, 5.41) is 16.3. The predicted octanol–water partition coefficient (Wildman–Crippen LogP) is 3.33. The van der Waals surface area contributed by atoms with Gasteiger partial charge in [-0.15, -0.1) is 0 Å². The number of hydrogen-bond donors (Lipinski definition) is 2. The number of nitro groups is 1. The number of hydrogen-bond acceptors (Lipinski definition) is 5. The van der Waals surface area contributed by atoms with E-state index in [1.807, 2.05) is 28.7 Å². The first kappa shape index (κ1) is 18.1. The van der Waals surface area contributed by atoms with Crippen LogP contribution in [0.5, 0.6) is 5.75 Å². The number of nitrogens with zero attached hydrogens (tertiary/aromatic N) is 1. The number of thiocarbonyl (C=S) groups is 1. The number of nitro benzene ring substituents is 1. The van der Waals surface area contributed by atoms with E-state index in [0.717, 1.165) is 3.57 Å². The normalized spacial score (nSPS) is 9.92. The van der Waals surface area contributed by atoms with Crippen molar-refractivity contribution in [3.63, 3.8) is 0 Å². The van der Waals surface area contributed by atoms with Crippen molar-refractivity contribution in [2.45, 2.75) is 0 Å². The lowest BCUT2D eigenvalue weighted by Crippen LogP contribution is -2.34. The van der Waals surface area contributed by atoms with E-state index < -0.39 is 10.8 Å². The molecule has 0 aromatic heterocycles. The fourth-order valence-corrected chi connectivity index (χ4v) is 2.70. The molecule has 0 fully saturated rings. The number of rotatable bonds is 4. The summed E-state index contributed by atoms with van der Waals surface area (Å²) in [4.78, 5) is 22.8. The molecule has 0 saturated carbocycles. The number of methoxy groups -OCH3 is 1. The molecule has 0 radical (unpaired) electrons. The highest BCUT2D eigenvalue weighted by Gasteiger charge is 2.17. The van der Waals surface area contributed by atoms with E-state index in [4.69, 9.17) is 17.0 Å². The third kappa shape index (κ3) is 4.38. The average Bonchev–Trinajstić information content (AvgIpc) is 2.55. The number of ether oxygens (including phenoxy) is 1. The monoisotopic (exact) mass is 457 g/mol. The predicted molar refractivity (Wildman–Crippen MR) is 102 cm³/mol. The number of amides is 1. The van der Waals surface area contributed by atoms with E-state index in [-0.39, 0.29) is 16.5 Å². The molecule has 0 unspecified atom stereocenters. The van der Waals surface area contributed by atoms with Crippen LogP contribution in [0.1, 0.15) is 10.4 Å². The number of anilines is 1. The van der Waals surface area contributed by atoms with E-state index in [2.05, 4.69) is 10.6 Å². The zero-order chi connectivity index (χ0) is 17.7. The summed E-state index contributed by atoms with van der Waals surface area (Å²) in [5.41, 5.74) is 0.417. The van der Waals surface area contributed by atoms with Gasteiger partial charge >= 0.3 is 0 Å². The van der Waals surface area contributed by atoms with Crippen LogP contribution < -0.4 is 15.4 Å². The second-order valence-corrected chi connectivity index (χ2v) is 6.10. The minimum Gasteiger partial charge on any atom is -0.496 e. The molecule has 0 aliphatic rings. The molecule has 0 aliphatic heterocycles. The topological polar surface area (TPSA) is 93.5 Å². The van der Waals surface area contributed by atoms with Gasteiger partial charge in [0.15, 0.2) is 5.11 Å². The summed E-state index contributed by atoms with van der Waals surface area (Å²) in [7, 11) is 1.42. The lowest BCUT2D eigenvalue weighted by Gasteiger charge is -2.11. The second kappa shape index (κ2) is 8.02. The minimum atomic E-state index is -0.560. The first-order chi connectivity index (χ1) is 11.4. The van der Waals surface area contributed by atoms with Gasteiger partial charge < -0.3 is 10.1 Å². The lowest BCUT2D eigenvalue weighted by molar-refractivity contribution is -0.384. The Morgan fingerprint density at radius 3 is 2.62 bits per heavy atom. The Bertz CT molecular complexity index is 813. The molecule has 24 heavy (non-hydrogen) atoms. The molecule has 9 heteroatoms. The summed E-state index contributed by atoms with van der Waals surface area (Å²) in [6, 6.07) is 11.3. The van der Waals surface area contributed by atoms with Crippen LogP contribution in [0.4, 0.5) is 11.4 Å². The quantitative estimate of drug-likeness (QED) is 0.317. The Balaban J connectivity index is 2.14. The van der Waals surface area contributed by atoms with Crippen LogP contribution in [0.3, 0.4) is 0 Å². The molecular weight excluding hydrogens is 445 g/mol. The van der Waals surface area contributed by atoms with Gasteiger partial charge in [-0.3, -0.25) is 20.2 Å². The summed E-state index contributed by atoms with van der Waals surface area (Å²) >= 11 is 7.10. The van der Waals surface area contributed by atoms with E-state index >= 15 is 0 Å². The molecule has 1 amide bonds. The molecular formula is C15H12IN3O4S. The summed E-state index contributed by atoms with van der Waals surface area (Å²) in [6.07, 6.45) is 0. The smallest absolute Gasteiger partial charge is 0.296 e. The molecule has 0 spiro atoms. The first-order valence-corrected chi connectivity index (χ1v) is 8.10. The van der Waals surface area contributed by atoms with Crippen molar-refractivity contribution in [1.82, 2.24) is 5.32 Å². The summed E-state index contributed by atoms with van der Waals surface area (Å²) in [6.45, 7) is 0. The van der Waals surface area contributed by atoms with Gasteiger partial charge in [-0.1, -0.05) is 12.1 Å². The Kier molecular flexibility index (Phi) is 6.04. The molecule has 124 valence electrons. The SMILES string of the molecule is COc1ccc(NC(=S)NC(=O)c2ccccc2I)c([N+](=O)[O-])c1.